The molecular weight excluding hydrogens is 695 g/mol. The molecular formula is C46H53NO8. The summed E-state index contributed by atoms with van der Waals surface area (Å²) in [6.45, 7) is 5.62. The summed E-state index contributed by atoms with van der Waals surface area (Å²) in [5.41, 5.74) is 1.26. The third-order valence-electron chi connectivity index (χ3n) is 8.52. The van der Waals surface area contributed by atoms with Crippen molar-refractivity contribution in [3.05, 3.63) is 150 Å². The molecule has 0 bridgehead atoms. The Hall–Kier alpha value is -5.70. The first-order chi connectivity index (χ1) is 26.6. The van der Waals surface area contributed by atoms with E-state index in [0.717, 1.165) is 57.1 Å². The molecule has 0 heterocycles. The van der Waals surface area contributed by atoms with Gasteiger partial charge in [0.1, 0.15) is 30.1 Å². The first kappa shape index (κ1) is 42.0. The Balaban J connectivity index is 1.22. The predicted octanol–water partition coefficient (Wildman–Crippen LogP) is 9.95. The van der Waals surface area contributed by atoms with Crippen LogP contribution in [0, 0.1) is 0 Å². The predicted molar refractivity (Wildman–Crippen MR) is 213 cm³/mol. The second kappa shape index (κ2) is 22.5. The van der Waals surface area contributed by atoms with E-state index in [0.29, 0.717) is 28.9 Å². The molecule has 1 amide bonds. The molecule has 0 saturated carbocycles. The highest BCUT2D eigenvalue weighted by Crippen LogP contribution is 2.18. The number of hydrogen-bond acceptors (Lipinski definition) is 8. The Labute approximate surface area is 325 Å². The fourth-order valence-electron chi connectivity index (χ4n) is 5.65. The minimum absolute atomic E-state index is 0.00284. The molecule has 9 nitrogen and oxygen atoms in total. The average Bonchev–Trinajstić information content (AvgIpc) is 3.19. The van der Waals surface area contributed by atoms with E-state index in [1.54, 1.807) is 99.6 Å². The zero-order valence-corrected chi connectivity index (χ0v) is 32.1. The van der Waals surface area contributed by atoms with Crippen molar-refractivity contribution in [3.8, 4) is 5.75 Å². The molecule has 0 fully saturated rings. The molecule has 0 saturated heterocycles. The number of benzene rings is 4. The van der Waals surface area contributed by atoms with Gasteiger partial charge in [0, 0.05) is 11.1 Å². The summed E-state index contributed by atoms with van der Waals surface area (Å²) in [5, 5.41) is 2.76. The summed E-state index contributed by atoms with van der Waals surface area (Å²) in [4.78, 5) is 51.5. The molecule has 0 aliphatic carbocycles. The van der Waals surface area contributed by atoms with Crippen LogP contribution in [0.15, 0.2) is 127 Å². The average molecular weight is 748 g/mol. The number of carbonyl (C=O) groups is 4. The molecule has 4 aromatic carbocycles. The van der Waals surface area contributed by atoms with Gasteiger partial charge in [-0.15, -0.1) is 0 Å². The maximum absolute atomic E-state index is 13.2. The highest BCUT2D eigenvalue weighted by molar-refractivity contribution is 6.09. The number of alkyl carbamates (subject to hydrolysis) is 1. The van der Waals surface area contributed by atoms with E-state index in [1.165, 1.54) is 0 Å². The molecule has 9 heteroatoms. The normalized spacial score (nSPS) is 12.3. The molecule has 290 valence electrons. The maximum atomic E-state index is 13.2. The van der Waals surface area contributed by atoms with Gasteiger partial charge in [-0.2, -0.15) is 0 Å². The van der Waals surface area contributed by atoms with Crippen LogP contribution >= 0.6 is 0 Å². The summed E-state index contributed by atoms with van der Waals surface area (Å²) >= 11 is 0. The van der Waals surface area contributed by atoms with Crippen molar-refractivity contribution in [2.45, 2.75) is 89.9 Å². The molecule has 0 unspecified atom stereocenters. The third-order valence-corrected chi connectivity index (χ3v) is 8.52. The molecule has 0 aliphatic heterocycles. The van der Waals surface area contributed by atoms with Gasteiger partial charge < -0.3 is 24.3 Å². The zero-order valence-electron chi connectivity index (χ0n) is 32.1. The maximum Gasteiger partial charge on any atom is 0.408 e. The van der Waals surface area contributed by atoms with Crippen LogP contribution in [0.4, 0.5) is 4.79 Å². The molecule has 1 N–H and O–H groups in total. The van der Waals surface area contributed by atoms with Crippen molar-refractivity contribution >= 4 is 23.8 Å². The van der Waals surface area contributed by atoms with Gasteiger partial charge in [0.25, 0.3) is 0 Å². The van der Waals surface area contributed by atoms with Gasteiger partial charge in [-0.25, -0.2) is 14.4 Å². The number of carbonyl (C=O) groups excluding carboxylic acids is 4. The van der Waals surface area contributed by atoms with Gasteiger partial charge >= 0.3 is 18.0 Å². The second-order valence-corrected chi connectivity index (χ2v) is 14.2. The smallest absolute Gasteiger partial charge is 0.408 e. The standard InChI is InChI=1S/C46H53NO8/c1-46(2,3)55-45(51)47-40(34-53-43(49)37-24-16-12-17-25-37)41(54-44(50)38-26-18-13-19-27-38)28-20-9-7-5-4-6-8-10-21-33-52-39-31-29-36(30-32-39)42(48)35-22-14-11-15-23-35/h11-20,22-32,40-41H,4-10,21,33-34H2,1-3H3,(H,47,51)/b28-20+/t40-,41+/m0/s1. The second-order valence-electron chi connectivity index (χ2n) is 14.2. The van der Waals surface area contributed by atoms with Crippen molar-refractivity contribution in [2.75, 3.05) is 13.2 Å². The fourth-order valence-corrected chi connectivity index (χ4v) is 5.65. The Morgan fingerprint density at radius 2 is 1.13 bits per heavy atom. The summed E-state index contributed by atoms with van der Waals surface area (Å²) in [5.74, 6) is -0.379. The van der Waals surface area contributed by atoms with E-state index in [2.05, 4.69) is 5.32 Å². The van der Waals surface area contributed by atoms with Crippen molar-refractivity contribution in [1.82, 2.24) is 5.32 Å². The van der Waals surface area contributed by atoms with Crippen LogP contribution in [-0.2, 0) is 14.2 Å². The molecule has 2 atom stereocenters. The number of rotatable bonds is 21. The fraction of sp³-hybridized carbons (Fsp3) is 0.348. The van der Waals surface area contributed by atoms with E-state index >= 15 is 0 Å². The lowest BCUT2D eigenvalue weighted by Gasteiger charge is -2.27. The van der Waals surface area contributed by atoms with Crippen LogP contribution in [0.1, 0.15) is 109 Å². The summed E-state index contributed by atoms with van der Waals surface area (Å²) < 4.78 is 22.9. The molecule has 4 aromatic rings. The van der Waals surface area contributed by atoms with E-state index in [9.17, 15) is 19.2 Å². The minimum Gasteiger partial charge on any atom is -0.494 e. The molecule has 0 aromatic heterocycles. The number of ketones is 1. The lowest BCUT2D eigenvalue weighted by molar-refractivity contribution is 0.0103. The van der Waals surface area contributed by atoms with Gasteiger partial charge in [-0.05, 0) is 94.6 Å². The number of ether oxygens (including phenoxy) is 4. The molecule has 0 radical (unpaired) electrons. The van der Waals surface area contributed by atoms with Gasteiger partial charge in [0.2, 0.25) is 0 Å². The van der Waals surface area contributed by atoms with Gasteiger partial charge in [0.05, 0.1) is 17.7 Å². The van der Waals surface area contributed by atoms with E-state index in [-0.39, 0.29) is 12.4 Å². The minimum atomic E-state index is -0.944. The van der Waals surface area contributed by atoms with Crippen molar-refractivity contribution in [2.24, 2.45) is 0 Å². The Bertz CT molecular complexity index is 1780. The SMILES string of the molecule is CC(C)(C)OC(=O)N[C@@H](COC(=O)c1ccccc1)[C@@H](/C=C/CCCCCCCCCOc1ccc(C(=O)c2ccccc2)cc1)OC(=O)c1ccccc1. The first-order valence-electron chi connectivity index (χ1n) is 19.1. The van der Waals surface area contributed by atoms with Gasteiger partial charge in [-0.1, -0.05) is 105 Å². The number of unbranched alkanes of at least 4 members (excludes halogenated alkanes) is 7. The van der Waals surface area contributed by atoms with Gasteiger partial charge in [0.15, 0.2) is 5.78 Å². The number of esters is 2. The van der Waals surface area contributed by atoms with Crippen LogP contribution < -0.4 is 10.1 Å². The van der Waals surface area contributed by atoms with Crippen molar-refractivity contribution < 1.29 is 38.1 Å². The largest absolute Gasteiger partial charge is 0.494 e. The quantitative estimate of drug-likeness (QED) is 0.0294. The van der Waals surface area contributed by atoms with E-state index < -0.39 is 35.8 Å². The van der Waals surface area contributed by atoms with E-state index in [4.69, 9.17) is 18.9 Å². The van der Waals surface area contributed by atoms with Crippen LogP contribution in [0.25, 0.3) is 0 Å². The highest BCUT2D eigenvalue weighted by atomic mass is 16.6. The van der Waals surface area contributed by atoms with Crippen molar-refractivity contribution in [1.29, 1.82) is 0 Å². The zero-order chi connectivity index (χ0) is 39.3. The lowest BCUT2D eigenvalue weighted by atomic mass is 10.0. The topological polar surface area (TPSA) is 117 Å². The van der Waals surface area contributed by atoms with Gasteiger partial charge in [-0.3, -0.25) is 4.79 Å². The lowest BCUT2D eigenvalue weighted by Crippen LogP contribution is -2.49. The van der Waals surface area contributed by atoms with Crippen LogP contribution in [-0.4, -0.2) is 54.8 Å². The summed E-state index contributed by atoms with van der Waals surface area (Å²) in [6.07, 6.45) is 10.1. The Kier molecular flexibility index (Phi) is 17.2. The number of allylic oxidation sites excluding steroid dienone is 1. The third kappa shape index (κ3) is 15.7. The molecule has 0 spiro atoms. The molecule has 4 rings (SSSR count). The Morgan fingerprint density at radius 1 is 0.618 bits per heavy atom. The summed E-state index contributed by atoms with van der Waals surface area (Å²) in [7, 11) is 0. The monoisotopic (exact) mass is 747 g/mol. The van der Waals surface area contributed by atoms with Crippen molar-refractivity contribution in [3.63, 3.8) is 0 Å². The van der Waals surface area contributed by atoms with Crippen LogP contribution in [0.3, 0.4) is 0 Å². The first-order valence-corrected chi connectivity index (χ1v) is 19.1. The molecule has 0 aliphatic rings. The van der Waals surface area contributed by atoms with Crippen LogP contribution in [0.5, 0.6) is 5.75 Å². The number of nitrogens with one attached hydrogen (secondary N) is 1. The summed E-state index contributed by atoms with van der Waals surface area (Å²) in [6, 6.07) is 32.8. The number of hydrogen-bond donors (Lipinski definition) is 1. The molecule has 55 heavy (non-hydrogen) atoms. The Morgan fingerprint density at radius 3 is 1.71 bits per heavy atom. The van der Waals surface area contributed by atoms with Crippen LogP contribution in [0.2, 0.25) is 0 Å². The highest BCUT2D eigenvalue weighted by Gasteiger charge is 2.29. The number of amides is 1. The van der Waals surface area contributed by atoms with E-state index in [1.807, 2.05) is 48.5 Å².